The molecule has 0 radical (unpaired) electrons. The van der Waals surface area contributed by atoms with Crippen molar-refractivity contribution in [1.82, 2.24) is 4.98 Å². The van der Waals surface area contributed by atoms with Gasteiger partial charge in [-0.15, -0.1) is 0 Å². The average molecular weight is 258 g/mol. The Hall–Kier alpha value is -2.14. The fourth-order valence-corrected chi connectivity index (χ4v) is 2.08. The molecule has 0 saturated carbocycles. The summed E-state index contributed by atoms with van der Waals surface area (Å²) in [7, 11) is 0. The zero-order valence-corrected chi connectivity index (χ0v) is 10.9. The summed E-state index contributed by atoms with van der Waals surface area (Å²) in [6.45, 7) is 3.20. The molecule has 0 fully saturated rings. The van der Waals surface area contributed by atoms with Crippen molar-refractivity contribution in [3.63, 3.8) is 0 Å². The molecule has 1 aromatic carbocycles. The van der Waals surface area contributed by atoms with Gasteiger partial charge in [-0.3, -0.25) is 5.41 Å². The number of para-hydroxylation sites is 1. The Balaban J connectivity index is 2.62. The van der Waals surface area contributed by atoms with E-state index >= 15 is 0 Å². The van der Waals surface area contributed by atoms with Gasteiger partial charge in [0.1, 0.15) is 11.7 Å². The number of hydrogen-bond donors (Lipinski definition) is 3. The number of benzene rings is 1. The van der Waals surface area contributed by atoms with Crippen molar-refractivity contribution in [3.05, 3.63) is 35.9 Å². The number of amidine groups is 1. The molecule has 2 aromatic rings. The summed E-state index contributed by atoms with van der Waals surface area (Å²) in [5.41, 5.74) is 7.11. The molecule has 0 unspecified atom stereocenters. The highest BCUT2D eigenvalue weighted by Gasteiger charge is 2.14. The van der Waals surface area contributed by atoms with E-state index in [1.807, 2.05) is 42.2 Å². The number of pyridine rings is 1. The predicted octanol–water partition coefficient (Wildman–Crippen LogP) is 1.34. The standard InChI is InChI=1S/C14H18N4O/c1-2-18(7-8-19)14-11(13(15)16)9-10-5-3-4-6-12(10)17-14/h3-6,9,19H,2,7-8H2,1H3,(H3,15,16). The number of aliphatic hydroxyl groups excluding tert-OH is 1. The molecule has 0 aliphatic heterocycles. The van der Waals surface area contributed by atoms with Gasteiger partial charge in [-0.25, -0.2) is 4.98 Å². The number of nitrogens with one attached hydrogen (secondary N) is 1. The third-order valence-electron chi connectivity index (χ3n) is 3.05. The van der Waals surface area contributed by atoms with Gasteiger partial charge in [0.2, 0.25) is 0 Å². The number of likely N-dealkylation sites (N-methyl/N-ethyl adjacent to an activating group) is 1. The topological polar surface area (TPSA) is 86.2 Å². The lowest BCUT2D eigenvalue weighted by molar-refractivity contribution is 0.302. The van der Waals surface area contributed by atoms with Crippen LogP contribution in [0.2, 0.25) is 0 Å². The minimum Gasteiger partial charge on any atom is -0.395 e. The van der Waals surface area contributed by atoms with E-state index in [4.69, 9.17) is 16.2 Å². The van der Waals surface area contributed by atoms with Crippen molar-refractivity contribution in [1.29, 1.82) is 5.41 Å². The van der Waals surface area contributed by atoms with Crippen LogP contribution in [0.1, 0.15) is 12.5 Å². The quantitative estimate of drug-likeness (QED) is 0.558. The number of rotatable bonds is 5. The Bertz CT molecular complexity index is 597. The van der Waals surface area contributed by atoms with Crippen LogP contribution in [0.25, 0.3) is 10.9 Å². The first-order valence-corrected chi connectivity index (χ1v) is 6.27. The number of fused-ring (bicyclic) bond motifs is 1. The van der Waals surface area contributed by atoms with Gasteiger partial charge in [-0.1, -0.05) is 18.2 Å². The molecule has 1 heterocycles. The first-order chi connectivity index (χ1) is 9.17. The lowest BCUT2D eigenvalue weighted by Gasteiger charge is -2.23. The zero-order chi connectivity index (χ0) is 13.8. The Labute approximate surface area is 112 Å². The third-order valence-corrected chi connectivity index (χ3v) is 3.05. The van der Waals surface area contributed by atoms with Gasteiger partial charge >= 0.3 is 0 Å². The molecule has 19 heavy (non-hydrogen) atoms. The molecule has 0 aliphatic carbocycles. The van der Waals surface area contributed by atoms with E-state index < -0.39 is 0 Å². The smallest absolute Gasteiger partial charge is 0.140 e. The minimum absolute atomic E-state index is 0.00959. The molecular weight excluding hydrogens is 240 g/mol. The second-order valence-electron chi connectivity index (χ2n) is 4.27. The molecule has 0 atom stereocenters. The molecule has 1 aromatic heterocycles. The number of nitrogen functional groups attached to an aromatic ring is 1. The van der Waals surface area contributed by atoms with Gasteiger partial charge in [0, 0.05) is 18.5 Å². The summed E-state index contributed by atoms with van der Waals surface area (Å²) in [4.78, 5) is 6.50. The van der Waals surface area contributed by atoms with Crippen LogP contribution in [0.15, 0.2) is 30.3 Å². The van der Waals surface area contributed by atoms with Gasteiger partial charge < -0.3 is 15.7 Å². The third kappa shape index (κ3) is 2.66. The number of anilines is 1. The fourth-order valence-electron chi connectivity index (χ4n) is 2.08. The first kappa shape index (κ1) is 13.3. The maximum absolute atomic E-state index is 9.12. The van der Waals surface area contributed by atoms with Crippen molar-refractivity contribution >= 4 is 22.6 Å². The fraction of sp³-hybridized carbons (Fsp3) is 0.286. The summed E-state index contributed by atoms with van der Waals surface area (Å²) in [6.07, 6.45) is 0. The highest BCUT2D eigenvalue weighted by Crippen LogP contribution is 2.23. The highest BCUT2D eigenvalue weighted by atomic mass is 16.3. The van der Waals surface area contributed by atoms with Crippen molar-refractivity contribution in [2.75, 3.05) is 24.6 Å². The molecule has 0 saturated heterocycles. The second-order valence-corrected chi connectivity index (χ2v) is 4.27. The van der Waals surface area contributed by atoms with Crippen LogP contribution >= 0.6 is 0 Å². The van der Waals surface area contributed by atoms with Crippen molar-refractivity contribution < 1.29 is 5.11 Å². The summed E-state index contributed by atoms with van der Waals surface area (Å²) in [5, 5.41) is 17.8. The molecule has 0 aliphatic rings. The molecule has 0 bridgehead atoms. The van der Waals surface area contributed by atoms with Gasteiger partial charge in [0.25, 0.3) is 0 Å². The van der Waals surface area contributed by atoms with Crippen LogP contribution in [0.4, 0.5) is 5.82 Å². The maximum Gasteiger partial charge on any atom is 0.140 e. The van der Waals surface area contributed by atoms with Gasteiger partial charge in [-0.2, -0.15) is 0 Å². The van der Waals surface area contributed by atoms with E-state index in [9.17, 15) is 0 Å². The van der Waals surface area contributed by atoms with Gasteiger partial charge in [0.15, 0.2) is 0 Å². The Morgan fingerprint density at radius 2 is 2.16 bits per heavy atom. The van der Waals surface area contributed by atoms with Crippen LogP contribution in [-0.2, 0) is 0 Å². The van der Waals surface area contributed by atoms with Crippen molar-refractivity contribution in [2.24, 2.45) is 5.73 Å². The molecule has 5 nitrogen and oxygen atoms in total. The number of hydrogen-bond acceptors (Lipinski definition) is 4. The predicted molar refractivity (Wildman–Crippen MR) is 77.7 cm³/mol. The van der Waals surface area contributed by atoms with E-state index in [0.717, 1.165) is 10.9 Å². The molecular formula is C14H18N4O. The number of nitrogens with zero attached hydrogens (tertiary/aromatic N) is 2. The Kier molecular flexibility index (Phi) is 3.97. The van der Waals surface area contributed by atoms with E-state index in [1.54, 1.807) is 0 Å². The zero-order valence-electron chi connectivity index (χ0n) is 10.9. The van der Waals surface area contributed by atoms with Crippen LogP contribution in [-0.4, -0.2) is 35.6 Å². The van der Waals surface area contributed by atoms with E-state index in [2.05, 4.69) is 4.98 Å². The summed E-state index contributed by atoms with van der Waals surface area (Å²) >= 11 is 0. The summed E-state index contributed by atoms with van der Waals surface area (Å²) in [5.74, 6) is 0.646. The Morgan fingerprint density at radius 3 is 2.79 bits per heavy atom. The number of nitrogens with two attached hydrogens (primary N) is 1. The van der Waals surface area contributed by atoms with Gasteiger partial charge in [0.05, 0.1) is 17.7 Å². The lowest BCUT2D eigenvalue weighted by Crippen LogP contribution is -2.30. The van der Waals surface area contributed by atoms with Gasteiger partial charge in [-0.05, 0) is 19.1 Å². The number of aromatic nitrogens is 1. The molecule has 2 rings (SSSR count). The maximum atomic E-state index is 9.12. The monoisotopic (exact) mass is 258 g/mol. The summed E-state index contributed by atoms with van der Waals surface area (Å²) in [6, 6.07) is 9.60. The van der Waals surface area contributed by atoms with E-state index in [1.165, 1.54) is 0 Å². The summed E-state index contributed by atoms with van der Waals surface area (Å²) < 4.78 is 0. The molecule has 5 heteroatoms. The van der Waals surface area contributed by atoms with E-state index in [0.29, 0.717) is 24.5 Å². The highest BCUT2D eigenvalue weighted by molar-refractivity contribution is 6.03. The first-order valence-electron chi connectivity index (χ1n) is 6.27. The molecule has 100 valence electrons. The molecule has 0 amide bonds. The van der Waals surface area contributed by atoms with Crippen LogP contribution < -0.4 is 10.6 Å². The van der Waals surface area contributed by atoms with Crippen molar-refractivity contribution in [3.8, 4) is 0 Å². The normalized spacial score (nSPS) is 10.6. The van der Waals surface area contributed by atoms with Crippen LogP contribution in [0.5, 0.6) is 0 Å². The molecule has 4 N–H and O–H groups in total. The molecule has 0 spiro atoms. The largest absolute Gasteiger partial charge is 0.395 e. The van der Waals surface area contributed by atoms with E-state index in [-0.39, 0.29) is 12.4 Å². The lowest BCUT2D eigenvalue weighted by atomic mass is 10.1. The SMILES string of the molecule is CCN(CCO)c1nc2ccccc2cc1C(=N)N. The Morgan fingerprint density at radius 1 is 1.42 bits per heavy atom. The number of aliphatic hydroxyl groups is 1. The minimum atomic E-state index is -0.00959. The van der Waals surface area contributed by atoms with Crippen molar-refractivity contribution in [2.45, 2.75) is 6.92 Å². The van der Waals surface area contributed by atoms with Crippen LogP contribution in [0, 0.1) is 5.41 Å². The average Bonchev–Trinajstić information content (AvgIpc) is 2.43. The van der Waals surface area contributed by atoms with Crippen LogP contribution in [0.3, 0.4) is 0 Å². The second kappa shape index (κ2) is 5.67.